The van der Waals surface area contributed by atoms with Gasteiger partial charge in [-0.1, -0.05) is 78.9 Å². The van der Waals surface area contributed by atoms with Crippen LogP contribution in [-0.4, -0.2) is 21.7 Å². The monoisotopic (exact) mass is 481 g/mol. The van der Waals surface area contributed by atoms with E-state index in [1.165, 1.54) is 12.1 Å². The summed E-state index contributed by atoms with van der Waals surface area (Å²) in [6, 6.07) is 29.7. The third-order valence-electron chi connectivity index (χ3n) is 5.90. The van der Waals surface area contributed by atoms with E-state index in [1.807, 2.05) is 78.9 Å². The van der Waals surface area contributed by atoms with E-state index < -0.39 is 6.04 Å². The molecule has 0 aliphatic carbocycles. The van der Waals surface area contributed by atoms with Gasteiger partial charge >= 0.3 is 0 Å². The number of hydrogen-bond donors (Lipinski definition) is 1. The maximum absolute atomic E-state index is 13.6. The Hall–Kier alpha value is -4.32. The fourth-order valence-electron chi connectivity index (χ4n) is 4.03. The molecule has 1 atom stereocenters. The smallest absolute Gasteiger partial charge is 0.247 e. The Balaban J connectivity index is 1.62. The van der Waals surface area contributed by atoms with Gasteiger partial charge in [0.05, 0.1) is 12.2 Å². The van der Waals surface area contributed by atoms with Gasteiger partial charge in [0, 0.05) is 19.2 Å². The molecular formula is C30H28FN3O2. The topological polar surface area (TPSA) is 62.3 Å². The molecule has 1 N–H and O–H groups in total. The zero-order chi connectivity index (χ0) is 25.2. The Bertz CT molecular complexity index is 1250. The molecule has 1 unspecified atom stereocenters. The molecule has 0 radical (unpaired) electrons. The number of rotatable bonds is 10. The van der Waals surface area contributed by atoms with Crippen molar-refractivity contribution in [2.24, 2.45) is 0 Å². The van der Waals surface area contributed by atoms with Crippen LogP contribution in [0.2, 0.25) is 0 Å². The van der Waals surface area contributed by atoms with E-state index in [0.717, 1.165) is 16.8 Å². The number of pyridine rings is 1. The Morgan fingerprint density at radius 3 is 2.14 bits per heavy atom. The number of halogens is 1. The highest BCUT2D eigenvalue weighted by atomic mass is 19.1. The summed E-state index contributed by atoms with van der Waals surface area (Å²) in [6.45, 7) is 0.413. The molecule has 4 rings (SSSR count). The molecule has 0 aliphatic heterocycles. The van der Waals surface area contributed by atoms with Crippen molar-refractivity contribution in [1.82, 2.24) is 15.2 Å². The fourth-order valence-corrected chi connectivity index (χ4v) is 4.03. The van der Waals surface area contributed by atoms with E-state index in [-0.39, 0.29) is 37.1 Å². The molecular weight excluding hydrogens is 453 g/mol. The number of aromatic nitrogens is 1. The lowest BCUT2D eigenvalue weighted by Gasteiger charge is -2.32. The van der Waals surface area contributed by atoms with Crippen LogP contribution in [0.1, 0.15) is 34.8 Å². The normalized spacial score (nSPS) is 11.5. The van der Waals surface area contributed by atoms with Crippen molar-refractivity contribution >= 4 is 11.8 Å². The summed E-state index contributed by atoms with van der Waals surface area (Å²) in [6.07, 6.45) is 2.46. The maximum Gasteiger partial charge on any atom is 0.247 e. The first-order chi connectivity index (χ1) is 17.6. The van der Waals surface area contributed by atoms with Crippen LogP contribution < -0.4 is 5.32 Å². The van der Waals surface area contributed by atoms with Crippen LogP contribution in [0.4, 0.5) is 4.39 Å². The van der Waals surface area contributed by atoms with Crippen molar-refractivity contribution < 1.29 is 14.0 Å². The van der Waals surface area contributed by atoms with Crippen LogP contribution >= 0.6 is 0 Å². The summed E-state index contributed by atoms with van der Waals surface area (Å²) >= 11 is 0. The van der Waals surface area contributed by atoms with Crippen molar-refractivity contribution in [3.8, 4) is 0 Å². The number of nitrogens with one attached hydrogen (secondary N) is 1. The van der Waals surface area contributed by atoms with E-state index in [1.54, 1.807) is 23.2 Å². The summed E-state index contributed by atoms with van der Waals surface area (Å²) in [5, 5.41) is 2.95. The molecule has 1 aromatic heterocycles. The first-order valence-corrected chi connectivity index (χ1v) is 11.9. The summed E-state index contributed by atoms with van der Waals surface area (Å²) in [7, 11) is 0. The highest BCUT2D eigenvalue weighted by molar-refractivity contribution is 5.88. The molecule has 0 fully saturated rings. The van der Waals surface area contributed by atoms with Gasteiger partial charge in [0.2, 0.25) is 11.8 Å². The first-order valence-electron chi connectivity index (χ1n) is 11.9. The number of carbonyl (C=O) groups is 2. The minimum absolute atomic E-state index is 0.162. The molecule has 1 heterocycles. The molecule has 0 aliphatic rings. The molecule has 4 aromatic rings. The molecule has 0 spiro atoms. The van der Waals surface area contributed by atoms with Crippen molar-refractivity contribution in [2.45, 2.75) is 32.0 Å². The average Bonchev–Trinajstić information content (AvgIpc) is 2.93. The summed E-state index contributed by atoms with van der Waals surface area (Å²) in [4.78, 5) is 33.1. The predicted molar refractivity (Wildman–Crippen MR) is 137 cm³/mol. The van der Waals surface area contributed by atoms with E-state index in [2.05, 4.69) is 10.3 Å². The molecule has 5 nitrogen and oxygen atoms in total. The van der Waals surface area contributed by atoms with Crippen LogP contribution in [0.3, 0.4) is 0 Å². The Morgan fingerprint density at radius 1 is 0.806 bits per heavy atom. The third-order valence-corrected chi connectivity index (χ3v) is 5.90. The van der Waals surface area contributed by atoms with Gasteiger partial charge in [-0.05, 0) is 47.4 Å². The second-order valence-electron chi connectivity index (χ2n) is 8.49. The lowest BCUT2D eigenvalue weighted by molar-refractivity contribution is -0.141. The minimum atomic E-state index is -0.858. The number of nitrogens with zero attached hydrogens (tertiary/aromatic N) is 2. The SMILES string of the molecule is O=C(NCc1ccccn1)C(c1ccccc1)N(Cc1ccc(F)cc1)C(=O)CCc1ccccc1. The average molecular weight is 482 g/mol. The van der Waals surface area contributed by atoms with Gasteiger partial charge in [-0.25, -0.2) is 4.39 Å². The van der Waals surface area contributed by atoms with Gasteiger partial charge < -0.3 is 10.2 Å². The van der Waals surface area contributed by atoms with Gasteiger partial charge in [0.1, 0.15) is 11.9 Å². The maximum atomic E-state index is 13.6. The molecule has 182 valence electrons. The first kappa shape index (κ1) is 24.8. The van der Waals surface area contributed by atoms with Crippen molar-refractivity contribution in [1.29, 1.82) is 0 Å². The molecule has 3 aromatic carbocycles. The van der Waals surface area contributed by atoms with Crippen LogP contribution in [-0.2, 0) is 29.1 Å². The van der Waals surface area contributed by atoms with E-state index in [0.29, 0.717) is 12.0 Å². The molecule has 6 heteroatoms. The van der Waals surface area contributed by atoms with Crippen molar-refractivity contribution in [2.75, 3.05) is 0 Å². The number of aryl methyl sites for hydroxylation is 1. The van der Waals surface area contributed by atoms with Crippen molar-refractivity contribution in [3.05, 3.63) is 138 Å². The largest absolute Gasteiger partial charge is 0.348 e. The Morgan fingerprint density at radius 2 is 1.47 bits per heavy atom. The van der Waals surface area contributed by atoms with Crippen LogP contribution in [0.25, 0.3) is 0 Å². The van der Waals surface area contributed by atoms with E-state index in [9.17, 15) is 14.0 Å². The third kappa shape index (κ3) is 6.85. The zero-order valence-electron chi connectivity index (χ0n) is 19.9. The van der Waals surface area contributed by atoms with E-state index >= 15 is 0 Å². The van der Waals surface area contributed by atoms with Gasteiger partial charge in [0.15, 0.2) is 0 Å². The molecule has 2 amide bonds. The van der Waals surface area contributed by atoms with Gasteiger partial charge in [-0.3, -0.25) is 14.6 Å². The molecule has 36 heavy (non-hydrogen) atoms. The summed E-state index contributed by atoms with van der Waals surface area (Å²) in [5.41, 5.74) is 3.20. The number of benzene rings is 3. The number of amides is 2. The summed E-state index contributed by atoms with van der Waals surface area (Å²) < 4.78 is 13.6. The van der Waals surface area contributed by atoms with Crippen LogP contribution in [0, 0.1) is 5.82 Å². The number of carbonyl (C=O) groups excluding carboxylic acids is 2. The lowest BCUT2D eigenvalue weighted by atomic mass is 10.0. The predicted octanol–water partition coefficient (Wildman–Crippen LogP) is 5.24. The van der Waals surface area contributed by atoms with Gasteiger partial charge in [-0.2, -0.15) is 0 Å². The van der Waals surface area contributed by atoms with Crippen LogP contribution in [0.15, 0.2) is 109 Å². The standard InChI is InChI=1S/C30H28FN3O2/c31-26-17-14-24(15-18-26)22-34(28(35)19-16-23-9-3-1-4-10-23)29(25-11-5-2-6-12-25)30(36)33-21-27-13-7-8-20-32-27/h1-15,17-18,20,29H,16,19,21-22H2,(H,33,36). The molecule has 0 saturated carbocycles. The molecule has 0 saturated heterocycles. The fraction of sp³-hybridized carbons (Fsp3) is 0.167. The van der Waals surface area contributed by atoms with Crippen molar-refractivity contribution in [3.63, 3.8) is 0 Å². The highest BCUT2D eigenvalue weighted by Gasteiger charge is 2.31. The van der Waals surface area contributed by atoms with Crippen LogP contribution in [0.5, 0.6) is 0 Å². The quantitative estimate of drug-likeness (QED) is 0.337. The zero-order valence-corrected chi connectivity index (χ0v) is 19.9. The molecule has 0 bridgehead atoms. The Kier molecular flexibility index (Phi) is 8.54. The second kappa shape index (κ2) is 12.4. The number of hydrogen-bond acceptors (Lipinski definition) is 3. The Labute approximate surface area is 210 Å². The lowest BCUT2D eigenvalue weighted by Crippen LogP contribution is -2.43. The van der Waals surface area contributed by atoms with E-state index in [4.69, 9.17) is 0 Å². The van der Waals surface area contributed by atoms with Gasteiger partial charge in [0.25, 0.3) is 0 Å². The highest BCUT2D eigenvalue weighted by Crippen LogP contribution is 2.25. The minimum Gasteiger partial charge on any atom is -0.348 e. The van der Waals surface area contributed by atoms with Gasteiger partial charge in [-0.15, -0.1) is 0 Å². The second-order valence-corrected chi connectivity index (χ2v) is 8.49. The summed E-state index contributed by atoms with van der Waals surface area (Å²) in [5.74, 6) is -0.819.